The highest BCUT2D eigenvalue weighted by atomic mass is 35.5. The van der Waals surface area contributed by atoms with E-state index >= 15 is 0 Å². The fourth-order valence-electron chi connectivity index (χ4n) is 2.32. The molecule has 1 aromatic carbocycles. The summed E-state index contributed by atoms with van der Waals surface area (Å²) in [5.74, 6) is 0. The molecule has 0 fully saturated rings. The van der Waals surface area contributed by atoms with Gasteiger partial charge in [-0.05, 0) is 29.7 Å². The number of halogens is 1. The Morgan fingerprint density at radius 3 is 2.74 bits per heavy atom. The molecule has 3 aromatic rings. The molecular formula is C15H14ClN3. The number of hydrogen-bond donors (Lipinski definition) is 0. The highest BCUT2D eigenvalue weighted by Crippen LogP contribution is 2.27. The number of nitrogens with zero attached hydrogens (tertiary/aromatic N) is 3. The van der Waals surface area contributed by atoms with Crippen LogP contribution in [0.3, 0.4) is 0 Å². The molecule has 0 bridgehead atoms. The predicted molar refractivity (Wildman–Crippen MR) is 78.3 cm³/mol. The molecule has 0 amide bonds. The van der Waals surface area contributed by atoms with Gasteiger partial charge in [0.1, 0.15) is 5.65 Å². The Morgan fingerprint density at radius 2 is 2.00 bits per heavy atom. The van der Waals surface area contributed by atoms with E-state index in [9.17, 15) is 0 Å². The monoisotopic (exact) mass is 271 g/mol. The Morgan fingerprint density at radius 1 is 1.21 bits per heavy atom. The number of fused-ring (bicyclic) bond motifs is 1. The summed E-state index contributed by atoms with van der Waals surface area (Å²) in [5.41, 5.74) is 3.25. The van der Waals surface area contributed by atoms with Crippen molar-refractivity contribution in [2.24, 2.45) is 0 Å². The number of benzene rings is 1. The second-order valence-electron chi connectivity index (χ2n) is 4.47. The Hall–Kier alpha value is -1.87. The highest BCUT2D eigenvalue weighted by molar-refractivity contribution is 6.28. The van der Waals surface area contributed by atoms with Crippen molar-refractivity contribution in [1.82, 2.24) is 14.5 Å². The quantitative estimate of drug-likeness (QED) is 0.670. The Kier molecular flexibility index (Phi) is 3.22. The second-order valence-corrected chi connectivity index (χ2v) is 4.80. The van der Waals surface area contributed by atoms with Gasteiger partial charge >= 0.3 is 0 Å². The number of aryl methyl sites for hydroxylation is 1. The third-order valence-corrected chi connectivity index (χ3v) is 3.30. The van der Waals surface area contributed by atoms with Crippen molar-refractivity contribution in [3.63, 3.8) is 0 Å². The smallest absolute Gasteiger partial charge is 0.224 e. The van der Waals surface area contributed by atoms with E-state index in [2.05, 4.69) is 39.7 Å². The first-order valence-corrected chi connectivity index (χ1v) is 6.74. The number of rotatable bonds is 3. The molecule has 0 saturated carbocycles. The fraction of sp³-hybridized carbons (Fsp3) is 0.200. The normalized spacial score (nSPS) is 11.1. The molecule has 0 N–H and O–H groups in total. The first-order chi connectivity index (χ1) is 9.29. The molecule has 96 valence electrons. The van der Waals surface area contributed by atoms with Gasteiger partial charge in [-0.15, -0.1) is 0 Å². The molecule has 0 aliphatic rings. The van der Waals surface area contributed by atoms with Crippen LogP contribution in [0.2, 0.25) is 5.28 Å². The summed E-state index contributed by atoms with van der Waals surface area (Å²) in [7, 11) is 0. The summed E-state index contributed by atoms with van der Waals surface area (Å²) in [4.78, 5) is 8.41. The zero-order valence-electron chi connectivity index (χ0n) is 10.7. The van der Waals surface area contributed by atoms with Crippen molar-refractivity contribution >= 4 is 22.6 Å². The molecule has 2 aromatic heterocycles. The maximum Gasteiger partial charge on any atom is 0.224 e. The van der Waals surface area contributed by atoms with Crippen LogP contribution >= 0.6 is 11.6 Å². The van der Waals surface area contributed by atoms with Crippen molar-refractivity contribution in [3.05, 3.63) is 47.9 Å². The summed E-state index contributed by atoms with van der Waals surface area (Å²) >= 11 is 5.91. The Balaban J connectivity index is 2.26. The molecule has 4 heteroatoms. The summed E-state index contributed by atoms with van der Waals surface area (Å²) < 4.78 is 2.21. The Labute approximate surface area is 116 Å². The lowest BCUT2D eigenvalue weighted by Crippen LogP contribution is -2.00. The first kappa shape index (κ1) is 12.2. The molecule has 3 nitrogen and oxygen atoms in total. The van der Waals surface area contributed by atoms with E-state index < -0.39 is 0 Å². The molecule has 0 spiro atoms. The van der Waals surface area contributed by atoms with Crippen LogP contribution in [0.5, 0.6) is 0 Å². The van der Waals surface area contributed by atoms with Crippen molar-refractivity contribution in [1.29, 1.82) is 0 Å². The van der Waals surface area contributed by atoms with E-state index in [1.165, 1.54) is 5.56 Å². The zero-order valence-corrected chi connectivity index (χ0v) is 11.4. The fourth-order valence-corrected chi connectivity index (χ4v) is 2.45. The molecular weight excluding hydrogens is 258 g/mol. The summed E-state index contributed by atoms with van der Waals surface area (Å²) in [6, 6.07) is 12.4. The lowest BCUT2D eigenvalue weighted by molar-refractivity contribution is 0.703. The van der Waals surface area contributed by atoms with E-state index in [0.717, 1.165) is 29.7 Å². The second kappa shape index (κ2) is 5.02. The number of hydrogen-bond acceptors (Lipinski definition) is 2. The van der Waals surface area contributed by atoms with Gasteiger partial charge in [-0.1, -0.05) is 37.3 Å². The first-order valence-electron chi connectivity index (χ1n) is 6.37. The average molecular weight is 272 g/mol. The van der Waals surface area contributed by atoms with E-state index in [0.29, 0.717) is 5.28 Å². The highest BCUT2D eigenvalue weighted by Gasteiger charge is 2.11. The van der Waals surface area contributed by atoms with Crippen LogP contribution in [0, 0.1) is 0 Å². The summed E-state index contributed by atoms with van der Waals surface area (Å²) in [6.07, 6.45) is 2.83. The zero-order chi connectivity index (χ0) is 13.2. The van der Waals surface area contributed by atoms with Gasteiger partial charge < -0.3 is 4.57 Å². The minimum atomic E-state index is 0.294. The maximum atomic E-state index is 5.91. The van der Waals surface area contributed by atoms with Crippen molar-refractivity contribution < 1.29 is 0 Å². The molecule has 0 aliphatic carbocycles. The standard InChI is InChI=1S/C15H14ClN3/c1-2-8-19-13(11-6-4-3-5-7-11)9-12-10-17-15(16)18-14(12)19/h3-7,9-10H,2,8H2,1H3. The summed E-state index contributed by atoms with van der Waals surface area (Å²) in [6.45, 7) is 3.07. The van der Waals surface area contributed by atoms with E-state index in [1.54, 1.807) is 6.20 Å². The van der Waals surface area contributed by atoms with Crippen LogP contribution < -0.4 is 0 Å². The van der Waals surface area contributed by atoms with E-state index in [4.69, 9.17) is 11.6 Å². The minimum absolute atomic E-state index is 0.294. The van der Waals surface area contributed by atoms with Crippen molar-refractivity contribution in [2.45, 2.75) is 19.9 Å². The SMILES string of the molecule is CCCn1c(-c2ccccc2)cc2cnc(Cl)nc21. The minimum Gasteiger partial charge on any atom is -0.325 e. The topological polar surface area (TPSA) is 30.7 Å². The van der Waals surface area contributed by atoms with Crippen molar-refractivity contribution in [2.75, 3.05) is 0 Å². The molecule has 0 saturated heterocycles. The predicted octanol–water partition coefficient (Wildman–Crippen LogP) is 4.16. The molecule has 3 rings (SSSR count). The average Bonchev–Trinajstić information content (AvgIpc) is 2.79. The van der Waals surface area contributed by atoms with Crippen LogP contribution in [0.1, 0.15) is 13.3 Å². The van der Waals surface area contributed by atoms with Gasteiger partial charge in [0.2, 0.25) is 5.28 Å². The van der Waals surface area contributed by atoms with Crippen LogP contribution in [0.15, 0.2) is 42.6 Å². The van der Waals surface area contributed by atoms with Gasteiger partial charge in [0, 0.05) is 18.1 Å². The molecule has 2 heterocycles. The molecule has 0 radical (unpaired) electrons. The molecule has 0 unspecified atom stereocenters. The summed E-state index contributed by atoms with van der Waals surface area (Å²) in [5, 5.41) is 1.32. The lowest BCUT2D eigenvalue weighted by Gasteiger charge is -2.08. The van der Waals surface area contributed by atoms with Crippen molar-refractivity contribution in [3.8, 4) is 11.3 Å². The van der Waals surface area contributed by atoms with Crippen LogP contribution in [0.25, 0.3) is 22.3 Å². The van der Waals surface area contributed by atoms with Crippen LogP contribution in [-0.2, 0) is 6.54 Å². The Bertz CT molecular complexity index is 704. The van der Waals surface area contributed by atoms with Gasteiger partial charge in [-0.2, -0.15) is 4.98 Å². The third kappa shape index (κ3) is 2.22. The van der Waals surface area contributed by atoms with E-state index in [1.807, 2.05) is 18.2 Å². The van der Waals surface area contributed by atoms with Gasteiger partial charge in [-0.3, -0.25) is 0 Å². The molecule has 0 aliphatic heterocycles. The van der Waals surface area contributed by atoms with Gasteiger partial charge in [0.25, 0.3) is 0 Å². The van der Waals surface area contributed by atoms with Gasteiger partial charge in [0.15, 0.2) is 0 Å². The lowest BCUT2D eigenvalue weighted by atomic mass is 10.1. The van der Waals surface area contributed by atoms with Crippen LogP contribution in [-0.4, -0.2) is 14.5 Å². The molecule has 0 atom stereocenters. The third-order valence-electron chi connectivity index (χ3n) is 3.12. The number of aromatic nitrogens is 3. The maximum absolute atomic E-state index is 5.91. The van der Waals surface area contributed by atoms with E-state index in [-0.39, 0.29) is 0 Å². The van der Waals surface area contributed by atoms with Gasteiger partial charge in [-0.25, -0.2) is 4.98 Å². The largest absolute Gasteiger partial charge is 0.325 e. The van der Waals surface area contributed by atoms with Crippen LogP contribution in [0.4, 0.5) is 0 Å². The molecule has 19 heavy (non-hydrogen) atoms. The van der Waals surface area contributed by atoms with Gasteiger partial charge in [0.05, 0.1) is 5.69 Å².